The average Bonchev–Trinajstić information content (AvgIpc) is 2.46. The lowest BCUT2D eigenvalue weighted by Gasteiger charge is -2.15. The Kier molecular flexibility index (Phi) is 4.96. The van der Waals surface area contributed by atoms with E-state index in [1.165, 1.54) is 12.1 Å². The zero-order chi connectivity index (χ0) is 14.4. The number of rotatable bonds is 6. The van der Waals surface area contributed by atoms with Gasteiger partial charge in [0.2, 0.25) is 0 Å². The van der Waals surface area contributed by atoms with Crippen LogP contribution in [0.1, 0.15) is 16.1 Å². The van der Waals surface area contributed by atoms with Gasteiger partial charge in [-0.15, -0.1) is 0 Å². The molecule has 2 rings (SSSR count). The van der Waals surface area contributed by atoms with Crippen LogP contribution in [0.2, 0.25) is 0 Å². The van der Waals surface area contributed by atoms with E-state index in [0.717, 1.165) is 12.1 Å². The summed E-state index contributed by atoms with van der Waals surface area (Å²) in [5.74, 6) is -0.665. The number of pyridine rings is 1. The molecule has 0 bridgehead atoms. The van der Waals surface area contributed by atoms with Crippen LogP contribution in [-0.4, -0.2) is 35.8 Å². The van der Waals surface area contributed by atoms with Gasteiger partial charge in [-0.05, 0) is 31.3 Å². The first kappa shape index (κ1) is 14.3. The standard InChI is InChI=1S/C16H17FN2O/c1-19(11-9-13-6-4-5-10-18-13)12-16(20)14-7-2-3-8-15(14)17/h2-8,10H,9,11-12H2,1H3. The largest absolute Gasteiger partial charge is 0.299 e. The fourth-order valence-electron chi connectivity index (χ4n) is 1.95. The molecule has 20 heavy (non-hydrogen) atoms. The highest BCUT2D eigenvalue weighted by molar-refractivity contribution is 5.97. The highest BCUT2D eigenvalue weighted by Crippen LogP contribution is 2.08. The van der Waals surface area contributed by atoms with Crippen LogP contribution in [0.25, 0.3) is 0 Å². The van der Waals surface area contributed by atoms with Crippen molar-refractivity contribution in [3.05, 3.63) is 65.7 Å². The molecule has 2 aromatic rings. The molecule has 0 radical (unpaired) electrons. The molecule has 0 saturated carbocycles. The fraction of sp³-hybridized carbons (Fsp3) is 0.250. The van der Waals surface area contributed by atoms with Crippen LogP contribution in [0.5, 0.6) is 0 Å². The van der Waals surface area contributed by atoms with Gasteiger partial charge < -0.3 is 0 Å². The number of Topliss-reactive ketones (excluding diaryl/α,β-unsaturated/α-hetero) is 1. The summed E-state index contributed by atoms with van der Waals surface area (Å²) in [6, 6.07) is 11.8. The van der Waals surface area contributed by atoms with Gasteiger partial charge >= 0.3 is 0 Å². The second-order valence-corrected chi connectivity index (χ2v) is 4.71. The van der Waals surface area contributed by atoms with Crippen molar-refractivity contribution in [3.63, 3.8) is 0 Å². The summed E-state index contributed by atoms with van der Waals surface area (Å²) in [5.41, 5.74) is 1.13. The Morgan fingerprint density at radius 3 is 2.65 bits per heavy atom. The van der Waals surface area contributed by atoms with E-state index in [4.69, 9.17) is 0 Å². The van der Waals surface area contributed by atoms with Crippen molar-refractivity contribution in [3.8, 4) is 0 Å². The molecule has 1 heterocycles. The van der Waals surface area contributed by atoms with Crippen LogP contribution >= 0.6 is 0 Å². The lowest BCUT2D eigenvalue weighted by molar-refractivity contribution is 0.0942. The minimum atomic E-state index is -0.462. The normalized spacial score (nSPS) is 10.8. The van der Waals surface area contributed by atoms with E-state index in [2.05, 4.69) is 4.98 Å². The Morgan fingerprint density at radius 2 is 1.95 bits per heavy atom. The zero-order valence-electron chi connectivity index (χ0n) is 11.4. The molecule has 1 aromatic carbocycles. The molecule has 0 atom stereocenters. The summed E-state index contributed by atoms with van der Waals surface area (Å²) in [5, 5.41) is 0. The molecule has 0 aliphatic rings. The first-order valence-electron chi connectivity index (χ1n) is 6.53. The van der Waals surface area contributed by atoms with E-state index in [1.807, 2.05) is 30.1 Å². The van der Waals surface area contributed by atoms with Crippen LogP contribution in [0.4, 0.5) is 4.39 Å². The van der Waals surface area contributed by atoms with Gasteiger partial charge in [-0.2, -0.15) is 0 Å². The van der Waals surface area contributed by atoms with Gasteiger partial charge in [0.05, 0.1) is 12.1 Å². The molecule has 4 heteroatoms. The summed E-state index contributed by atoms with van der Waals surface area (Å²) < 4.78 is 13.5. The number of carbonyl (C=O) groups is 1. The summed E-state index contributed by atoms with van der Waals surface area (Å²) in [6.07, 6.45) is 2.52. The zero-order valence-corrected chi connectivity index (χ0v) is 11.4. The summed E-state index contributed by atoms with van der Waals surface area (Å²) >= 11 is 0. The molecule has 0 N–H and O–H groups in total. The Hall–Kier alpha value is -2.07. The van der Waals surface area contributed by atoms with E-state index < -0.39 is 5.82 Å². The quantitative estimate of drug-likeness (QED) is 0.758. The average molecular weight is 272 g/mol. The summed E-state index contributed by atoms with van der Waals surface area (Å²) in [6.45, 7) is 0.908. The van der Waals surface area contributed by atoms with Crippen molar-refractivity contribution in [2.75, 3.05) is 20.1 Å². The lowest BCUT2D eigenvalue weighted by Crippen LogP contribution is -2.28. The Bertz CT molecular complexity index is 572. The second kappa shape index (κ2) is 6.91. The molecule has 0 amide bonds. The molecule has 0 spiro atoms. The molecule has 0 aliphatic heterocycles. The minimum Gasteiger partial charge on any atom is -0.299 e. The van der Waals surface area contributed by atoms with Gasteiger partial charge in [-0.1, -0.05) is 18.2 Å². The highest BCUT2D eigenvalue weighted by atomic mass is 19.1. The number of halogens is 1. The highest BCUT2D eigenvalue weighted by Gasteiger charge is 2.13. The first-order chi connectivity index (χ1) is 9.66. The topological polar surface area (TPSA) is 33.2 Å². The monoisotopic (exact) mass is 272 g/mol. The van der Waals surface area contributed by atoms with E-state index in [1.54, 1.807) is 18.3 Å². The van der Waals surface area contributed by atoms with Gasteiger partial charge in [0.15, 0.2) is 5.78 Å². The summed E-state index contributed by atoms with van der Waals surface area (Å²) in [4.78, 5) is 18.1. The van der Waals surface area contributed by atoms with Crippen molar-refractivity contribution in [1.82, 2.24) is 9.88 Å². The molecule has 0 aliphatic carbocycles. The lowest BCUT2D eigenvalue weighted by atomic mass is 10.1. The number of carbonyl (C=O) groups excluding carboxylic acids is 1. The molecule has 104 valence electrons. The van der Waals surface area contributed by atoms with Crippen LogP contribution in [0.15, 0.2) is 48.7 Å². The summed E-state index contributed by atoms with van der Waals surface area (Å²) in [7, 11) is 1.85. The molecule has 0 fully saturated rings. The molecule has 1 aromatic heterocycles. The van der Waals surface area contributed by atoms with Crippen molar-refractivity contribution >= 4 is 5.78 Å². The number of aromatic nitrogens is 1. The number of hydrogen-bond donors (Lipinski definition) is 0. The van der Waals surface area contributed by atoms with E-state index in [9.17, 15) is 9.18 Å². The van der Waals surface area contributed by atoms with Crippen LogP contribution in [-0.2, 0) is 6.42 Å². The molecule has 0 unspecified atom stereocenters. The van der Waals surface area contributed by atoms with Gasteiger partial charge in [0.25, 0.3) is 0 Å². The minimum absolute atomic E-state index is 0.150. The van der Waals surface area contributed by atoms with Gasteiger partial charge in [0, 0.05) is 24.9 Å². The van der Waals surface area contributed by atoms with Crippen molar-refractivity contribution in [2.24, 2.45) is 0 Å². The maximum Gasteiger partial charge on any atom is 0.179 e. The third-order valence-electron chi connectivity index (χ3n) is 3.06. The van der Waals surface area contributed by atoms with Gasteiger partial charge in [-0.25, -0.2) is 4.39 Å². The Balaban J connectivity index is 1.87. The predicted octanol–water partition coefficient (Wildman–Crippen LogP) is 2.58. The van der Waals surface area contributed by atoms with Crippen LogP contribution in [0, 0.1) is 5.82 Å². The number of benzene rings is 1. The number of likely N-dealkylation sites (N-methyl/N-ethyl adjacent to an activating group) is 1. The van der Waals surface area contributed by atoms with Crippen molar-refractivity contribution in [2.45, 2.75) is 6.42 Å². The van der Waals surface area contributed by atoms with Crippen LogP contribution < -0.4 is 0 Å². The second-order valence-electron chi connectivity index (χ2n) is 4.71. The predicted molar refractivity (Wildman–Crippen MR) is 76.2 cm³/mol. The Morgan fingerprint density at radius 1 is 1.20 bits per heavy atom. The smallest absolute Gasteiger partial charge is 0.179 e. The molecular formula is C16H17FN2O. The maximum atomic E-state index is 13.5. The molecule has 0 saturated heterocycles. The van der Waals surface area contributed by atoms with E-state index >= 15 is 0 Å². The number of nitrogens with zero attached hydrogens (tertiary/aromatic N) is 2. The van der Waals surface area contributed by atoms with Crippen molar-refractivity contribution in [1.29, 1.82) is 0 Å². The maximum absolute atomic E-state index is 13.5. The number of ketones is 1. The first-order valence-corrected chi connectivity index (χ1v) is 6.53. The SMILES string of the molecule is CN(CCc1ccccn1)CC(=O)c1ccccc1F. The van der Waals surface area contributed by atoms with Gasteiger partial charge in [-0.3, -0.25) is 14.7 Å². The molecule has 3 nitrogen and oxygen atoms in total. The third-order valence-corrected chi connectivity index (χ3v) is 3.06. The van der Waals surface area contributed by atoms with Gasteiger partial charge in [0.1, 0.15) is 5.82 Å². The van der Waals surface area contributed by atoms with Crippen molar-refractivity contribution < 1.29 is 9.18 Å². The fourth-order valence-corrected chi connectivity index (χ4v) is 1.95. The van der Waals surface area contributed by atoms with E-state index in [-0.39, 0.29) is 17.9 Å². The third kappa shape index (κ3) is 3.96. The number of hydrogen-bond acceptors (Lipinski definition) is 3. The Labute approximate surface area is 118 Å². The van der Waals surface area contributed by atoms with Crippen LogP contribution in [0.3, 0.4) is 0 Å². The van der Waals surface area contributed by atoms with E-state index in [0.29, 0.717) is 6.54 Å². The molecular weight excluding hydrogens is 255 g/mol.